The molecule has 4 rings (SSSR count). The molecule has 1 aromatic carbocycles. The van der Waals surface area contributed by atoms with E-state index < -0.39 is 0 Å². The Kier molecular flexibility index (Phi) is 7.19. The standard InChI is InChI=1S/C24H33N5O/c1-25-24(27-16-21-9-12-26-23(15-21)30-18-20-7-8-20)28-22-10-13-29(14-11-22)17-19-5-3-2-4-6-19/h2-6,9,12,15,20,22H,7-8,10-11,13-14,16-18H2,1H3,(H2,25,27,28). The van der Waals surface area contributed by atoms with E-state index in [2.05, 4.69) is 55.8 Å². The number of hydrogen-bond acceptors (Lipinski definition) is 4. The topological polar surface area (TPSA) is 61.8 Å². The average Bonchev–Trinajstić information content (AvgIpc) is 3.62. The van der Waals surface area contributed by atoms with E-state index in [0.29, 0.717) is 12.6 Å². The first kappa shape index (κ1) is 20.7. The number of rotatable bonds is 8. The molecule has 1 saturated carbocycles. The first-order chi connectivity index (χ1) is 14.8. The molecule has 0 amide bonds. The Hall–Kier alpha value is -2.60. The fourth-order valence-electron chi connectivity index (χ4n) is 3.78. The molecule has 1 aromatic heterocycles. The number of nitrogens with one attached hydrogen (secondary N) is 2. The number of nitrogens with zero attached hydrogens (tertiary/aromatic N) is 3. The van der Waals surface area contributed by atoms with Gasteiger partial charge in [0.1, 0.15) is 0 Å². The predicted octanol–water partition coefficient (Wildman–Crippen LogP) is 3.20. The number of guanidine groups is 1. The highest BCUT2D eigenvalue weighted by atomic mass is 16.5. The molecular weight excluding hydrogens is 374 g/mol. The molecule has 0 spiro atoms. The van der Waals surface area contributed by atoms with E-state index in [9.17, 15) is 0 Å². The highest BCUT2D eigenvalue weighted by molar-refractivity contribution is 5.79. The lowest BCUT2D eigenvalue weighted by atomic mass is 10.0. The fourth-order valence-corrected chi connectivity index (χ4v) is 3.78. The molecule has 1 aliphatic carbocycles. The van der Waals surface area contributed by atoms with Crippen LogP contribution in [0.25, 0.3) is 0 Å². The van der Waals surface area contributed by atoms with E-state index in [0.717, 1.165) is 62.4 Å². The molecule has 0 radical (unpaired) electrons. The fraction of sp³-hybridized carbons (Fsp3) is 0.500. The minimum atomic E-state index is 0.457. The van der Waals surface area contributed by atoms with Crippen molar-refractivity contribution in [1.82, 2.24) is 20.5 Å². The van der Waals surface area contributed by atoms with Gasteiger partial charge in [-0.25, -0.2) is 4.98 Å². The molecular formula is C24H33N5O. The first-order valence-corrected chi connectivity index (χ1v) is 11.1. The maximum Gasteiger partial charge on any atom is 0.213 e. The summed E-state index contributed by atoms with van der Waals surface area (Å²) in [5.41, 5.74) is 2.54. The molecule has 1 saturated heterocycles. The van der Waals surface area contributed by atoms with E-state index in [-0.39, 0.29) is 0 Å². The van der Waals surface area contributed by atoms with Crippen LogP contribution in [-0.4, -0.2) is 48.6 Å². The molecule has 2 heterocycles. The van der Waals surface area contributed by atoms with Gasteiger partial charge in [0.15, 0.2) is 5.96 Å². The van der Waals surface area contributed by atoms with E-state index >= 15 is 0 Å². The molecule has 2 aliphatic rings. The van der Waals surface area contributed by atoms with E-state index in [4.69, 9.17) is 4.74 Å². The summed E-state index contributed by atoms with van der Waals surface area (Å²) in [5.74, 6) is 2.31. The van der Waals surface area contributed by atoms with Crippen molar-refractivity contribution < 1.29 is 4.74 Å². The number of aromatic nitrogens is 1. The zero-order valence-electron chi connectivity index (χ0n) is 17.9. The summed E-state index contributed by atoms with van der Waals surface area (Å²) in [6, 6.07) is 15.2. The van der Waals surface area contributed by atoms with Crippen LogP contribution in [0.3, 0.4) is 0 Å². The monoisotopic (exact) mass is 407 g/mol. The molecule has 6 heteroatoms. The van der Waals surface area contributed by atoms with Crippen molar-refractivity contribution in [3.05, 3.63) is 59.8 Å². The quantitative estimate of drug-likeness (QED) is 0.520. The van der Waals surface area contributed by atoms with Crippen LogP contribution in [0.1, 0.15) is 36.8 Å². The van der Waals surface area contributed by atoms with Crippen LogP contribution >= 0.6 is 0 Å². The molecule has 1 aliphatic heterocycles. The molecule has 6 nitrogen and oxygen atoms in total. The summed E-state index contributed by atoms with van der Waals surface area (Å²) in [6.07, 6.45) is 6.64. The highest BCUT2D eigenvalue weighted by Gasteiger charge is 2.22. The van der Waals surface area contributed by atoms with Crippen molar-refractivity contribution in [2.45, 2.75) is 44.8 Å². The van der Waals surface area contributed by atoms with Gasteiger partial charge in [-0.05, 0) is 48.8 Å². The second kappa shape index (κ2) is 10.4. The Morgan fingerprint density at radius 1 is 1.10 bits per heavy atom. The third-order valence-electron chi connectivity index (χ3n) is 5.82. The molecule has 2 N–H and O–H groups in total. The van der Waals surface area contributed by atoms with Gasteiger partial charge in [0.05, 0.1) is 6.61 Å². The van der Waals surface area contributed by atoms with Crippen LogP contribution < -0.4 is 15.4 Å². The number of aliphatic imine (C=N–C) groups is 1. The van der Waals surface area contributed by atoms with Crippen LogP contribution in [0.15, 0.2) is 53.7 Å². The lowest BCUT2D eigenvalue weighted by Gasteiger charge is -2.33. The lowest BCUT2D eigenvalue weighted by molar-refractivity contribution is 0.198. The molecule has 2 fully saturated rings. The Morgan fingerprint density at radius 2 is 1.90 bits per heavy atom. The van der Waals surface area contributed by atoms with E-state index in [1.165, 1.54) is 18.4 Å². The van der Waals surface area contributed by atoms with Crippen LogP contribution in [0.5, 0.6) is 5.88 Å². The van der Waals surface area contributed by atoms with Crippen molar-refractivity contribution in [2.24, 2.45) is 10.9 Å². The van der Waals surface area contributed by atoms with Crippen LogP contribution in [0.4, 0.5) is 0 Å². The van der Waals surface area contributed by atoms with Gasteiger partial charge in [-0.1, -0.05) is 30.3 Å². The molecule has 0 bridgehead atoms. The minimum absolute atomic E-state index is 0.457. The number of hydrogen-bond donors (Lipinski definition) is 2. The van der Waals surface area contributed by atoms with Gasteiger partial charge in [-0.3, -0.25) is 9.89 Å². The molecule has 0 atom stereocenters. The predicted molar refractivity (Wildman–Crippen MR) is 121 cm³/mol. The van der Waals surface area contributed by atoms with Gasteiger partial charge in [0.2, 0.25) is 5.88 Å². The van der Waals surface area contributed by atoms with E-state index in [1.54, 1.807) is 0 Å². The average molecular weight is 408 g/mol. The third-order valence-corrected chi connectivity index (χ3v) is 5.82. The van der Waals surface area contributed by atoms with Gasteiger partial charge >= 0.3 is 0 Å². The maximum atomic E-state index is 5.79. The Balaban J connectivity index is 1.19. The van der Waals surface area contributed by atoms with Gasteiger partial charge in [0, 0.05) is 51.5 Å². The summed E-state index contributed by atoms with van der Waals surface area (Å²) in [6.45, 7) is 4.74. The zero-order chi connectivity index (χ0) is 20.6. The summed E-state index contributed by atoms with van der Waals surface area (Å²) in [5, 5.41) is 7.02. The first-order valence-electron chi connectivity index (χ1n) is 11.1. The van der Waals surface area contributed by atoms with Crippen molar-refractivity contribution in [1.29, 1.82) is 0 Å². The molecule has 2 aromatic rings. The smallest absolute Gasteiger partial charge is 0.213 e. The highest BCUT2D eigenvalue weighted by Crippen LogP contribution is 2.29. The SMILES string of the molecule is CN=C(NCc1ccnc(OCC2CC2)c1)NC1CCN(Cc2ccccc2)CC1. The van der Waals surface area contributed by atoms with Crippen molar-refractivity contribution in [3.8, 4) is 5.88 Å². The summed E-state index contributed by atoms with van der Waals surface area (Å²) in [7, 11) is 1.83. The third kappa shape index (κ3) is 6.46. The normalized spacial score (nSPS) is 18.2. The number of ether oxygens (including phenoxy) is 1. The van der Waals surface area contributed by atoms with Crippen LogP contribution in [-0.2, 0) is 13.1 Å². The molecule has 30 heavy (non-hydrogen) atoms. The van der Waals surface area contributed by atoms with Gasteiger partial charge in [-0.15, -0.1) is 0 Å². The van der Waals surface area contributed by atoms with Crippen LogP contribution in [0, 0.1) is 5.92 Å². The molecule has 0 unspecified atom stereocenters. The van der Waals surface area contributed by atoms with Gasteiger partial charge < -0.3 is 15.4 Å². The Labute approximate surface area is 179 Å². The van der Waals surface area contributed by atoms with Crippen LogP contribution in [0.2, 0.25) is 0 Å². The second-order valence-electron chi connectivity index (χ2n) is 8.36. The summed E-state index contributed by atoms with van der Waals surface area (Å²) < 4.78 is 5.79. The minimum Gasteiger partial charge on any atom is -0.477 e. The summed E-state index contributed by atoms with van der Waals surface area (Å²) in [4.78, 5) is 11.3. The Bertz CT molecular complexity index is 813. The van der Waals surface area contributed by atoms with Crippen molar-refractivity contribution in [2.75, 3.05) is 26.7 Å². The van der Waals surface area contributed by atoms with Gasteiger partial charge in [-0.2, -0.15) is 0 Å². The maximum absolute atomic E-state index is 5.79. The second-order valence-corrected chi connectivity index (χ2v) is 8.36. The van der Waals surface area contributed by atoms with E-state index in [1.807, 2.05) is 25.4 Å². The van der Waals surface area contributed by atoms with Crippen molar-refractivity contribution in [3.63, 3.8) is 0 Å². The number of likely N-dealkylation sites (tertiary alicyclic amines) is 1. The number of benzene rings is 1. The molecule has 160 valence electrons. The lowest BCUT2D eigenvalue weighted by Crippen LogP contribution is -2.48. The zero-order valence-corrected chi connectivity index (χ0v) is 17.9. The Morgan fingerprint density at radius 3 is 2.63 bits per heavy atom. The van der Waals surface area contributed by atoms with Gasteiger partial charge in [0.25, 0.3) is 0 Å². The number of pyridine rings is 1. The van der Waals surface area contributed by atoms with Crippen molar-refractivity contribution >= 4 is 5.96 Å². The largest absolute Gasteiger partial charge is 0.477 e. The number of piperidine rings is 1. The summed E-state index contributed by atoms with van der Waals surface area (Å²) >= 11 is 0.